The summed E-state index contributed by atoms with van der Waals surface area (Å²) in [6.07, 6.45) is 3.61. The molecule has 0 spiro atoms. The fourth-order valence-corrected chi connectivity index (χ4v) is 2.73. The molecule has 0 aliphatic heterocycles. The van der Waals surface area contributed by atoms with Gasteiger partial charge in [0, 0.05) is 12.8 Å². The third-order valence-electron chi connectivity index (χ3n) is 4.48. The lowest BCUT2D eigenvalue weighted by Crippen LogP contribution is -2.37. The molecular weight excluding hydrogens is 366 g/mol. The van der Waals surface area contributed by atoms with E-state index in [1.54, 1.807) is 12.1 Å². The number of hydrogen-bond donors (Lipinski definition) is 3. The van der Waals surface area contributed by atoms with E-state index in [0.717, 1.165) is 24.8 Å². The van der Waals surface area contributed by atoms with E-state index < -0.39 is 11.6 Å². The summed E-state index contributed by atoms with van der Waals surface area (Å²) in [7, 11) is 0. The maximum atomic E-state index is 11.1. The Bertz CT molecular complexity index is 843. The van der Waals surface area contributed by atoms with Gasteiger partial charge in [0.25, 0.3) is 0 Å². The highest BCUT2D eigenvalue weighted by atomic mass is 16.5. The molecule has 6 heteroatoms. The van der Waals surface area contributed by atoms with E-state index in [1.165, 1.54) is 19.4 Å². The lowest BCUT2D eigenvalue weighted by atomic mass is 10.1. The first kappa shape index (κ1) is 22.1. The Balaban J connectivity index is 1.75. The van der Waals surface area contributed by atoms with Gasteiger partial charge in [-0.15, -0.1) is 0 Å². The molecule has 0 saturated heterocycles. The zero-order valence-electron chi connectivity index (χ0n) is 17.0. The minimum absolute atomic E-state index is 0.300. The Morgan fingerprint density at radius 1 is 1.03 bits per heavy atom. The largest absolute Gasteiger partial charge is 0.478 e. The van der Waals surface area contributed by atoms with Gasteiger partial charge in [0.05, 0.1) is 0 Å². The van der Waals surface area contributed by atoms with Crippen molar-refractivity contribution in [3.63, 3.8) is 0 Å². The number of rotatable bonds is 10. The van der Waals surface area contributed by atoms with Crippen molar-refractivity contribution in [3.05, 3.63) is 65.7 Å². The van der Waals surface area contributed by atoms with Gasteiger partial charge in [0.1, 0.15) is 17.4 Å². The maximum absolute atomic E-state index is 11.1. The van der Waals surface area contributed by atoms with E-state index in [4.69, 9.17) is 21.0 Å². The first-order chi connectivity index (χ1) is 13.8. The highest BCUT2D eigenvalue weighted by Crippen LogP contribution is 2.20. The first-order valence-corrected chi connectivity index (χ1v) is 9.72. The fourth-order valence-electron chi connectivity index (χ4n) is 2.73. The number of aliphatic carboxylic acids is 1. The van der Waals surface area contributed by atoms with Gasteiger partial charge in [-0.3, -0.25) is 5.41 Å². The predicted octanol–water partition coefficient (Wildman–Crippen LogP) is 4.22. The van der Waals surface area contributed by atoms with Gasteiger partial charge in [0.15, 0.2) is 5.60 Å². The summed E-state index contributed by atoms with van der Waals surface area (Å²) in [5.74, 6) is 0.292. The van der Waals surface area contributed by atoms with Gasteiger partial charge in [-0.1, -0.05) is 42.5 Å². The number of carbonyl (C=O) groups is 1. The minimum atomic E-state index is -1.27. The molecule has 4 N–H and O–H groups in total. The van der Waals surface area contributed by atoms with Crippen LogP contribution in [0, 0.1) is 5.41 Å². The number of hydrogen-bond acceptors (Lipinski definition) is 3. The quantitative estimate of drug-likeness (QED) is 0.413. The van der Waals surface area contributed by atoms with Crippen LogP contribution in [0.3, 0.4) is 0 Å². The summed E-state index contributed by atoms with van der Waals surface area (Å²) < 4.78 is 5.50. The number of carboxylic acid groups (broad SMARTS) is 1. The van der Waals surface area contributed by atoms with Crippen LogP contribution >= 0.6 is 0 Å². The van der Waals surface area contributed by atoms with Crippen LogP contribution in [0.2, 0.25) is 0 Å². The van der Waals surface area contributed by atoms with Crippen molar-refractivity contribution in [3.8, 4) is 5.75 Å². The monoisotopic (exact) mass is 395 g/mol. The number of aryl methyl sites for hydroxylation is 2. The van der Waals surface area contributed by atoms with Gasteiger partial charge >= 0.3 is 5.97 Å². The Morgan fingerprint density at radius 2 is 1.66 bits per heavy atom. The third kappa shape index (κ3) is 7.78. The van der Waals surface area contributed by atoms with Crippen LogP contribution in [-0.2, 0) is 17.6 Å². The molecule has 0 fully saturated rings. The first-order valence-electron chi connectivity index (χ1n) is 9.72. The Hall–Kier alpha value is -3.15. The van der Waals surface area contributed by atoms with E-state index in [2.05, 4.69) is 4.99 Å². The van der Waals surface area contributed by atoms with Crippen molar-refractivity contribution in [1.29, 1.82) is 5.41 Å². The summed E-state index contributed by atoms with van der Waals surface area (Å²) in [6, 6.07) is 17.4. The molecular formula is C23H29N3O3. The Kier molecular flexibility index (Phi) is 7.95. The van der Waals surface area contributed by atoms with Gasteiger partial charge in [0.2, 0.25) is 0 Å². The SMILES string of the molecule is CC(C)(Oc1ccc(CCCC(N)=NC(=N)CCc2ccccc2)cc1)C(=O)O. The van der Waals surface area contributed by atoms with Crippen LogP contribution in [-0.4, -0.2) is 28.3 Å². The summed E-state index contributed by atoms with van der Waals surface area (Å²) in [5.41, 5.74) is 6.99. The standard InChI is InChI=1S/C23H29N3O3/c1-23(2,22(27)28)29-19-14-11-18(12-15-19)9-6-10-20(24)26-21(25)16-13-17-7-4-3-5-8-17/h3-5,7-8,11-12,14-15H,6,9-10,13,16H2,1-2H3,(H,27,28)(H3,24,25,26). The van der Waals surface area contributed by atoms with Crippen molar-refractivity contribution in [2.24, 2.45) is 10.7 Å². The molecule has 0 bridgehead atoms. The molecule has 0 unspecified atom stereocenters. The number of nitrogens with one attached hydrogen (secondary N) is 1. The lowest BCUT2D eigenvalue weighted by molar-refractivity contribution is -0.152. The van der Waals surface area contributed by atoms with Gasteiger partial charge in [-0.2, -0.15) is 0 Å². The fraction of sp³-hybridized carbons (Fsp3) is 0.348. The molecule has 0 saturated carbocycles. The number of amidine groups is 2. The van der Waals surface area contributed by atoms with Gasteiger partial charge in [-0.25, -0.2) is 9.79 Å². The van der Waals surface area contributed by atoms with E-state index in [1.807, 2.05) is 42.5 Å². The number of benzene rings is 2. The predicted molar refractivity (Wildman–Crippen MR) is 116 cm³/mol. The topological polar surface area (TPSA) is 109 Å². The van der Waals surface area contributed by atoms with Crippen molar-refractivity contribution < 1.29 is 14.6 Å². The molecule has 6 nitrogen and oxygen atoms in total. The summed E-state index contributed by atoms with van der Waals surface area (Å²) in [4.78, 5) is 15.3. The Labute approximate surface area is 171 Å². The summed E-state index contributed by atoms with van der Waals surface area (Å²) >= 11 is 0. The highest BCUT2D eigenvalue weighted by molar-refractivity contribution is 5.94. The van der Waals surface area contributed by atoms with Crippen LogP contribution in [0.4, 0.5) is 0 Å². The zero-order valence-corrected chi connectivity index (χ0v) is 17.0. The molecule has 2 aromatic rings. The maximum Gasteiger partial charge on any atom is 0.347 e. The smallest absolute Gasteiger partial charge is 0.347 e. The second-order valence-corrected chi connectivity index (χ2v) is 7.45. The average molecular weight is 396 g/mol. The van der Waals surface area contributed by atoms with Gasteiger partial charge < -0.3 is 15.6 Å². The van der Waals surface area contributed by atoms with Crippen molar-refractivity contribution in [2.45, 2.75) is 51.6 Å². The normalized spacial score (nSPS) is 11.9. The van der Waals surface area contributed by atoms with Crippen LogP contribution in [0.1, 0.15) is 44.2 Å². The average Bonchev–Trinajstić information content (AvgIpc) is 2.68. The summed E-state index contributed by atoms with van der Waals surface area (Å²) in [5, 5.41) is 17.1. The van der Waals surface area contributed by atoms with Crippen LogP contribution < -0.4 is 10.5 Å². The highest BCUT2D eigenvalue weighted by Gasteiger charge is 2.29. The number of aliphatic imine (C=N–C) groups is 1. The molecule has 0 atom stereocenters. The minimum Gasteiger partial charge on any atom is -0.478 e. The number of carboxylic acids is 1. The molecule has 0 aliphatic carbocycles. The number of ether oxygens (including phenoxy) is 1. The lowest BCUT2D eigenvalue weighted by Gasteiger charge is -2.21. The third-order valence-corrected chi connectivity index (χ3v) is 4.48. The van der Waals surface area contributed by atoms with Crippen LogP contribution in [0.25, 0.3) is 0 Å². The van der Waals surface area contributed by atoms with Crippen LogP contribution in [0.5, 0.6) is 5.75 Å². The molecule has 2 aromatic carbocycles. The van der Waals surface area contributed by atoms with E-state index in [0.29, 0.717) is 30.3 Å². The van der Waals surface area contributed by atoms with Crippen molar-refractivity contribution >= 4 is 17.6 Å². The van der Waals surface area contributed by atoms with E-state index >= 15 is 0 Å². The molecule has 0 aliphatic rings. The van der Waals surface area contributed by atoms with E-state index in [9.17, 15) is 4.79 Å². The molecule has 0 radical (unpaired) electrons. The zero-order chi connectivity index (χ0) is 21.3. The van der Waals surface area contributed by atoms with Crippen molar-refractivity contribution in [2.75, 3.05) is 0 Å². The summed E-state index contributed by atoms with van der Waals surface area (Å²) in [6.45, 7) is 3.03. The molecule has 0 heterocycles. The van der Waals surface area contributed by atoms with Crippen LogP contribution in [0.15, 0.2) is 59.6 Å². The number of nitrogens with two attached hydrogens (primary N) is 1. The van der Waals surface area contributed by atoms with Gasteiger partial charge in [-0.05, 0) is 56.4 Å². The molecule has 29 heavy (non-hydrogen) atoms. The second-order valence-electron chi connectivity index (χ2n) is 7.45. The second kappa shape index (κ2) is 10.4. The molecule has 0 amide bonds. The molecule has 2 rings (SSSR count). The van der Waals surface area contributed by atoms with E-state index in [-0.39, 0.29) is 0 Å². The molecule has 154 valence electrons. The molecule has 0 aromatic heterocycles. The van der Waals surface area contributed by atoms with Crippen molar-refractivity contribution in [1.82, 2.24) is 0 Å². The number of nitrogens with zero attached hydrogens (tertiary/aromatic N) is 1. The Morgan fingerprint density at radius 3 is 2.28 bits per heavy atom.